The fourth-order valence-corrected chi connectivity index (χ4v) is 2.57. The minimum Gasteiger partial charge on any atom is -0.316 e. The van der Waals surface area contributed by atoms with Crippen molar-refractivity contribution >= 4 is 17.3 Å². The predicted octanol–water partition coefficient (Wildman–Crippen LogP) is 3.20. The first-order valence-corrected chi connectivity index (χ1v) is 7.95. The number of anilines is 1. The van der Waals surface area contributed by atoms with Crippen LogP contribution in [0.25, 0.3) is 0 Å². The summed E-state index contributed by atoms with van der Waals surface area (Å²) in [4.78, 5) is 35.5. The number of nitrogens with one attached hydrogen (secondary N) is 1. The second-order valence-electron chi connectivity index (χ2n) is 5.67. The average Bonchev–Trinajstić information content (AvgIpc) is 2.65. The maximum atomic E-state index is 13.8. The number of nitrogens with zero attached hydrogens (tertiary/aromatic N) is 2. The molecular weight excluding hydrogens is 353 g/mol. The van der Waals surface area contributed by atoms with Crippen LogP contribution in [0.3, 0.4) is 0 Å². The summed E-state index contributed by atoms with van der Waals surface area (Å²) in [7, 11) is 0. The number of carbonyl (C=O) groups is 1. The zero-order valence-corrected chi connectivity index (χ0v) is 14.0. The first-order chi connectivity index (χ1) is 13.0. The number of para-hydroxylation sites is 2. The lowest BCUT2D eigenvalue weighted by molar-refractivity contribution is -0.383. The third-order valence-corrected chi connectivity index (χ3v) is 3.91. The van der Waals surface area contributed by atoms with Crippen molar-refractivity contribution in [3.05, 3.63) is 104 Å². The Kier molecular flexibility index (Phi) is 5.07. The molecule has 136 valence electrons. The molecule has 0 saturated carbocycles. The Balaban J connectivity index is 1.90. The Hall–Kier alpha value is -3.81. The summed E-state index contributed by atoms with van der Waals surface area (Å²) in [5.41, 5.74) is -0.829. The Morgan fingerprint density at radius 1 is 1.07 bits per heavy atom. The SMILES string of the molecule is O=C(Nc1ccccc1[N+](=O)[O-])c1cccn(Cc2ccccc2F)c1=O. The quantitative estimate of drug-likeness (QED) is 0.553. The molecule has 27 heavy (non-hydrogen) atoms. The van der Waals surface area contributed by atoms with Crippen molar-refractivity contribution in [1.82, 2.24) is 4.57 Å². The summed E-state index contributed by atoms with van der Waals surface area (Å²) in [6.07, 6.45) is 1.44. The molecule has 0 fully saturated rings. The van der Waals surface area contributed by atoms with Crippen molar-refractivity contribution in [3.8, 4) is 0 Å². The smallest absolute Gasteiger partial charge is 0.292 e. The molecule has 0 saturated heterocycles. The lowest BCUT2D eigenvalue weighted by Crippen LogP contribution is -2.29. The highest BCUT2D eigenvalue weighted by molar-refractivity contribution is 6.05. The van der Waals surface area contributed by atoms with Crippen LogP contribution >= 0.6 is 0 Å². The van der Waals surface area contributed by atoms with Gasteiger partial charge in [-0.05, 0) is 24.3 Å². The monoisotopic (exact) mass is 367 g/mol. The zero-order valence-electron chi connectivity index (χ0n) is 14.0. The van der Waals surface area contributed by atoms with E-state index in [1.54, 1.807) is 12.1 Å². The van der Waals surface area contributed by atoms with E-state index in [4.69, 9.17) is 0 Å². The number of pyridine rings is 1. The van der Waals surface area contributed by atoms with Gasteiger partial charge in [0.15, 0.2) is 0 Å². The maximum Gasteiger partial charge on any atom is 0.292 e. The maximum absolute atomic E-state index is 13.8. The number of aromatic nitrogens is 1. The summed E-state index contributed by atoms with van der Waals surface area (Å²) in [6, 6.07) is 14.4. The van der Waals surface area contributed by atoms with Crippen molar-refractivity contribution in [1.29, 1.82) is 0 Å². The predicted molar refractivity (Wildman–Crippen MR) is 97.3 cm³/mol. The Morgan fingerprint density at radius 3 is 2.52 bits per heavy atom. The molecule has 7 nitrogen and oxygen atoms in total. The molecule has 2 aromatic carbocycles. The highest BCUT2D eigenvalue weighted by Gasteiger charge is 2.18. The first-order valence-electron chi connectivity index (χ1n) is 7.95. The molecule has 3 rings (SSSR count). The lowest BCUT2D eigenvalue weighted by Gasteiger charge is -2.09. The molecule has 1 amide bonds. The van der Waals surface area contributed by atoms with Gasteiger partial charge in [0.05, 0.1) is 11.5 Å². The summed E-state index contributed by atoms with van der Waals surface area (Å²) in [6.45, 7) is -0.0435. The zero-order chi connectivity index (χ0) is 19.4. The molecule has 0 radical (unpaired) electrons. The molecule has 0 aliphatic rings. The van der Waals surface area contributed by atoms with Gasteiger partial charge in [-0.1, -0.05) is 30.3 Å². The van der Waals surface area contributed by atoms with Crippen molar-refractivity contribution in [2.75, 3.05) is 5.32 Å². The van der Waals surface area contributed by atoms with Crippen LogP contribution in [-0.4, -0.2) is 15.4 Å². The first kappa shape index (κ1) is 18.0. The molecule has 8 heteroatoms. The second-order valence-corrected chi connectivity index (χ2v) is 5.67. The number of hydrogen-bond acceptors (Lipinski definition) is 4. The summed E-state index contributed by atoms with van der Waals surface area (Å²) in [5.74, 6) is -1.24. The number of halogens is 1. The van der Waals surface area contributed by atoms with Gasteiger partial charge in [-0.2, -0.15) is 0 Å². The van der Waals surface area contributed by atoms with Crippen LogP contribution in [0.1, 0.15) is 15.9 Å². The van der Waals surface area contributed by atoms with E-state index in [1.165, 1.54) is 59.3 Å². The van der Waals surface area contributed by atoms with Gasteiger partial charge in [-0.25, -0.2) is 4.39 Å². The number of benzene rings is 2. The highest BCUT2D eigenvalue weighted by Crippen LogP contribution is 2.23. The normalized spacial score (nSPS) is 10.4. The molecule has 0 aliphatic carbocycles. The van der Waals surface area contributed by atoms with Gasteiger partial charge in [-0.3, -0.25) is 19.7 Å². The molecule has 1 aromatic heterocycles. The van der Waals surface area contributed by atoms with E-state index in [0.29, 0.717) is 5.56 Å². The Labute approximate surface area is 152 Å². The molecule has 1 N–H and O–H groups in total. The van der Waals surface area contributed by atoms with Gasteiger partial charge < -0.3 is 9.88 Å². The number of rotatable bonds is 5. The Morgan fingerprint density at radius 2 is 1.78 bits per heavy atom. The van der Waals surface area contributed by atoms with E-state index >= 15 is 0 Å². The summed E-state index contributed by atoms with van der Waals surface area (Å²) < 4.78 is 15.0. The molecule has 0 bridgehead atoms. The molecule has 0 unspecified atom stereocenters. The van der Waals surface area contributed by atoms with Crippen LogP contribution in [0.2, 0.25) is 0 Å². The fourth-order valence-electron chi connectivity index (χ4n) is 2.57. The molecule has 0 aliphatic heterocycles. The fraction of sp³-hybridized carbons (Fsp3) is 0.0526. The molecular formula is C19H14FN3O4. The van der Waals surface area contributed by atoms with Crippen molar-refractivity contribution in [3.63, 3.8) is 0 Å². The largest absolute Gasteiger partial charge is 0.316 e. The third-order valence-electron chi connectivity index (χ3n) is 3.91. The van der Waals surface area contributed by atoms with Gasteiger partial charge in [0.2, 0.25) is 0 Å². The second kappa shape index (κ2) is 7.61. The van der Waals surface area contributed by atoms with Gasteiger partial charge >= 0.3 is 0 Å². The van der Waals surface area contributed by atoms with Crippen LogP contribution < -0.4 is 10.9 Å². The van der Waals surface area contributed by atoms with E-state index < -0.39 is 22.2 Å². The van der Waals surface area contributed by atoms with Crippen molar-refractivity contribution in [2.24, 2.45) is 0 Å². The van der Waals surface area contributed by atoms with E-state index in [0.717, 1.165) is 0 Å². The minimum atomic E-state index is -0.780. The topological polar surface area (TPSA) is 94.2 Å². The summed E-state index contributed by atoms with van der Waals surface area (Å²) >= 11 is 0. The van der Waals surface area contributed by atoms with Gasteiger partial charge in [-0.15, -0.1) is 0 Å². The molecule has 0 atom stereocenters. The van der Waals surface area contributed by atoms with Crippen molar-refractivity contribution < 1.29 is 14.1 Å². The summed E-state index contributed by atoms with van der Waals surface area (Å²) in [5, 5.41) is 13.4. The average molecular weight is 367 g/mol. The molecule has 0 spiro atoms. The van der Waals surface area contributed by atoms with E-state index in [9.17, 15) is 24.1 Å². The van der Waals surface area contributed by atoms with E-state index in [1.807, 2.05) is 0 Å². The minimum absolute atomic E-state index is 0.0172. The lowest BCUT2D eigenvalue weighted by atomic mass is 10.2. The van der Waals surface area contributed by atoms with Gasteiger partial charge in [0, 0.05) is 17.8 Å². The van der Waals surface area contributed by atoms with E-state index in [2.05, 4.69) is 5.32 Å². The number of carbonyl (C=O) groups excluding carboxylic acids is 1. The van der Waals surface area contributed by atoms with Crippen LogP contribution in [0.15, 0.2) is 71.7 Å². The number of nitro groups is 1. The van der Waals surface area contributed by atoms with Crippen LogP contribution in [-0.2, 0) is 6.54 Å². The van der Waals surface area contributed by atoms with Gasteiger partial charge in [0.25, 0.3) is 17.2 Å². The highest BCUT2D eigenvalue weighted by atomic mass is 19.1. The number of hydrogen-bond donors (Lipinski definition) is 1. The van der Waals surface area contributed by atoms with Crippen molar-refractivity contribution in [2.45, 2.75) is 6.54 Å². The van der Waals surface area contributed by atoms with Crippen LogP contribution in [0.4, 0.5) is 15.8 Å². The molecule has 1 heterocycles. The van der Waals surface area contributed by atoms with E-state index in [-0.39, 0.29) is 23.5 Å². The molecule has 3 aromatic rings. The van der Waals surface area contributed by atoms with Crippen LogP contribution in [0, 0.1) is 15.9 Å². The Bertz CT molecular complexity index is 1080. The van der Waals surface area contributed by atoms with Crippen LogP contribution in [0.5, 0.6) is 0 Å². The number of amides is 1. The standard InChI is InChI=1S/C19H14FN3O4/c20-15-8-2-1-6-13(15)12-22-11-5-7-14(19(22)25)18(24)21-16-9-3-4-10-17(16)23(26)27/h1-11H,12H2,(H,21,24). The number of nitro benzene ring substituents is 1. The van der Waals surface area contributed by atoms with Gasteiger partial charge in [0.1, 0.15) is 17.1 Å². The third kappa shape index (κ3) is 3.90.